The summed E-state index contributed by atoms with van der Waals surface area (Å²) in [5, 5.41) is 9.34. The summed E-state index contributed by atoms with van der Waals surface area (Å²) in [5.41, 5.74) is 0. The summed E-state index contributed by atoms with van der Waals surface area (Å²) in [7, 11) is -3.51. The Morgan fingerprint density at radius 3 is 2.47 bits per heavy atom. The Balaban J connectivity index is 3.17. The van der Waals surface area contributed by atoms with Gasteiger partial charge in [0.2, 0.25) is 10.0 Å². The van der Waals surface area contributed by atoms with Crippen LogP contribution in [-0.4, -0.2) is 30.4 Å². The van der Waals surface area contributed by atoms with Crippen molar-refractivity contribution in [2.24, 2.45) is 0 Å². The Labute approximate surface area is 103 Å². The maximum atomic E-state index is 12.3. The van der Waals surface area contributed by atoms with Crippen molar-refractivity contribution >= 4 is 10.0 Å². The van der Waals surface area contributed by atoms with Crippen molar-refractivity contribution in [3.63, 3.8) is 0 Å². The molecule has 0 heterocycles. The monoisotopic (exact) mass is 257 g/mol. The van der Waals surface area contributed by atoms with E-state index < -0.39 is 10.0 Å². The molecule has 1 atom stereocenters. The van der Waals surface area contributed by atoms with E-state index in [2.05, 4.69) is 0 Å². The molecule has 0 amide bonds. The molecular formula is C12H19NO3S. The number of nitrogens with zero attached hydrogens (tertiary/aromatic N) is 1. The summed E-state index contributed by atoms with van der Waals surface area (Å²) in [5.74, 6) is -0.0359. The van der Waals surface area contributed by atoms with Crippen LogP contribution < -0.4 is 0 Å². The van der Waals surface area contributed by atoms with E-state index in [0.717, 1.165) is 6.42 Å². The lowest BCUT2D eigenvalue weighted by molar-refractivity contribution is 0.342. The number of phenolic OH excluding ortho intramolecular Hbond substituents is 1. The maximum Gasteiger partial charge on any atom is 0.243 e. The predicted molar refractivity (Wildman–Crippen MR) is 67.4 cm³/mol. The van der Waals surface area contributed by atoms with Gasteiger partial charge >= 0.3 is 0 Å². The van der Waals surface area contributed by atoms with E-state index in [9.17, 15) is 13.5 Å². The lowest BCUT2D eigenvalue weighted by Crippen LogP contribution is -2.38. The highest BCUT2D eigenvalue weighted by Gasteiger charge is 2.26. The Morgan fingerprint density at radius 1 is 1.35 bits per heavy atom. The first-order chi connectivity index (χ1) is 7.93. The predicted octanol–water partition coefficient (Wildman–Crippen LogP) is 2.20. The Bertz CT molecular complexity index is 470. The molecule has 1 aromatic rings. The minimum atomic E-state index is -3.51. The van der Waals surface area contributed by atoms with Gasteiger partial charge in [0.05, 0.1) is 4.90 Å². The van der Waals surface area contributed by atoms with E-state index in [4.69, 9.17) is 0 Å². The fourth-order valence-corrected chi connectivity index (χ4v) is 3.46. The largest absolute Gasteiger partial charge is 0.508 e. The molecule has 17 heavy (non-hydrogen) atoms. The van der Waals surface area contributed by atoms with Gasteiger partial charge in [0.1, 0.15) is 5.75 Å². The molecule has 0 radical (unpaired) electrons. The number of phenols is 1. The van der Waals surface area contributed by atoms with Crippen LogP contribution in [0.1, 0.15) is 27.2 Å². The van der Waals surface area contributed by atoms with Gasteiger partial charge in [0.15, 0.2) is 0 Å². The van der Waals surface area contributed by atoms with Gasteiger partial charge in [0, 0.05) is 12.6 Å². The molecule has 0 bridgehead atoms. The number of benzene rings is 1. The van der Waals surface area contributed by atoms with Gasteiger partial charge in [-0.1, -0.05) is 19.9 Å². The number of sulfonamides is 1. The van der Waals surface area contributed by atoms with Crippen LogP contribution in [0.25, 0.3) is 0 Å². The first-order valence-electron chi connectivity index (χ1n) is 5.74. The SMILES string of the molecule is CCC(C)N(CC)S(=O)(=O)c1cccc(O)c1. The van der Waals surface area contributed by atoms with E-state index in [0.29, 0.717) is 6.54 Å². The van der Waals surface area contributed by atoms with Gasteiger partial charge in [-0.25, -0.2) is 8.42 Å². The third-order valence-electron chi connectivity index (χ3n) is 2.82. The molecule has 0 aliphatic rings. The number of hydrogen-bond acceptors (Lipinski definition) is 3. The second-order valence-corrected chi connectivity index (χ2v) is 5.85. The summed E-state index contributed by atoms with van der Waals surface area (Å²) in [6.07, 6.45) is 0.756. The number of aromatic hydroxyl groups is 1. The van der Waals surface area contributed by atoms with Crippen LogP contribution in [0.3, 0.4) is 0 Å². The first kappa shape index (κ1) is 14.0. The highest BCUT2D eigenvalue weighted by molar-refractivity contribution is 7.89. The first-order valence-corrected chi connectivity index (χ1v) is 7.18. The van der Waals surface area contributed by atoms with Gasteiger partial charge < -0.3 is 5.11 Å². The zero-order valence-electron chi connectivity index (χ0n) is 10.4. The molecule has 4 nitrogen and oxygen atoms in total. The molecule has 0 spiro atoms. The quantitative estimate of drug-likeness (QED) is 0.879. The molecule has 96 valence electrons. The molecule has 1 unspecified atom stereocenters. The second-order valence-electron chi connectivity index (χ2n) is 3.96. The van der Waals surface area contributed by atoms with Crippen LogP contribution in [0.4, 0.5) is 0 Å². The van der Waals surface area contributed by atoms with E-state index >= 15 is 0 Å². The highest BCUT2D eigenvalue weighted by Crippen LogP contribution is 2.22. The van der Waals surface area contributed by atoms with Crippen LogP contribution in [-0.2, 0) is 10.0 Å². The van der Waals surface area contributed by atoms with Crippen LogP contribution in [0.15, 0.2) is 29.2 Å². The number of rotatable bonds is 5. The van der Waals surface area contributed by atoms with Crippen molar-refractivity contribution in [3.05, 3.63) is 24.3 Å². The zero-order chi connectivity index (χ0) is 13.1. The molecule has 0 fully saturated rings. The fourth-order valence-electron chi connectivity index (χ4n) is 1.70. The molecule has 0 aliphatic carbocycles. The van der Waals surface area contributed by atoms with Crippen molar-refractivity contribution in [2.45, 2.75) is 38.1 Å². The van der Waals surface area contributed by atoms with Crippen molar-refractivity contribution in [2.75, 3.05) is 6.54 Å². The lowest BCUT2D eigenvalue weighted by atomic mass is 10.3. The van der Waals surface area contributed by atoms with Gasteiger partial charge in [-0.2, -0.15) is 4.31 Å². The van der Waals surface area contributed by atoms with Crippen molar-refractivity contribution in [1.82, 2.24) is 4.31 Å². The van der Waals surface area contributed by atoms with E-state index in [1.165, 1.54) is 28.6 Å². The summed E-state index contributed by atoms with van der Waals surface area (Å²) in [6, 6.07) is 5.72. The van der Waals surface area contributed by atoms with Gasteiger partial charge in [0.25, 0.3) is 0 Å². The number of hydrogen-bond donors (Lipinski definition) is 1. The zero-order valence-corrected chi connectivity index (χ0v) is 11.2. The second kappa shape index (κ2) is 5.51. The topological polar surface area (TPSA) is 57.6 Å². The van der Waals surface area contributed by atoms with E-state index in [1.807, 2.05) is 20.8 Å². The average molecular weight is 257 g/mol. The Kier molecular flexibility index (Phi) is 4.54. The minimum Gasteiger partial charge on any atom is -0.508 e. The standard InChI is InChI=1S/C12H19NO3S/c1-4-10(3)13(5-2)17(15,16)12-8-6-7-11(14)9-12/h6-10,14H,4-5H2,1-3H3. The molecular weight excluding hydrogens is 238 g/mol. The highest BCUT2D eigenvalue weighted by atomic mass is 32.2. The molecule has 1 aromatic carbocycles. The van der Waals surface area contributed by atoms with Gasteiger partial charge in [-0.15, -0.1) is 0 Å². The van der Waals surface area contributed by atoms with Crippen LogP contribution in [0.5, 0.6) is 5.75 Å². The van der Waals surface area contributed by atoms with E-state index in [1.54, 1.807) is 0 Å². The van der Waals surface area contributed by atoms with E-state index in [-0.39, 0.29) is 16.7 Å². The molecule has 0 saturated carbocycles. The third kappa shape index (κ3) is 2.98. The Morgan fingerprint density at radius 2 is 2.00 bits per heavy atom. The molecule has 0 saturated heterocycles. The molecule has 0 aliphatic heterocycles. The fraction of sp³-hybridized carbons (Fsp3) is 0.500. The Hall–Kier alpha value is -1.07. The maximum absolute atomic E-state index is 12.3. The van der Waals surface area contributed by atoms with Crippen molar-refractivity contribution < 1.29 is 13.5 Å². The van der Waals surface area contributed by atoms with Crippen molar-refractivity contribution in [3.8, 4) is 5.75 Å². The molecule has 0 aromatic heterocycles. The summed E-state index contributed by atoms with van der Waals surface area (Å²) < 4.78 is 26.1. The summed E-state index contributed by atoms with van der Waals surface area (Å²) in [6.45, 7) is 6.06. The normalized spacial score (nSPS) is 13.9. The average Bonchev–Trinajstić information content (AvgIpc) is 2.29. The third-order valence-corrected chi connectivity index (χ3v) is 4.90. The minimum absolute atomic E-state index is 0.0359. The summed E-state index contributed by atoms with van der Waals surface area (Å²) in [4.78, 5) is 0.139. The molecule has 5 heteroatoms. The van der Waals surface area contributed by atoms with Gasteiger partial charge in [-0.05, 0) is 31.5 Å². The smallest absolute Gasteiger partial charge is 0.243 e. The molecule has 1 rings (SSSR count). The summed E-state index contributed by atoms with van der Waals surface area (Å²) >= 11 is 0. The lowest BCUT2D eigenvalue weighted by Gasteiger charge is -2.26. The van der Waals surface area contributed by atoms with Crippen LogP contribution in [0, 0.1) is 0 Å². The van der Waals surface area contributed by atoms with Crippen molar-refractivity contribution in [1.29, 1.82) is 0 Å². The van der Waals surface area contributed by atoms with Crippen LogP contribution >= 0.6 is 0 Å². The molecule has 1 N–H and O–H groups in total. The van der Waals surface area contributed by atoms with Gasteiger partial charge in [-0.3, -0.25) is 0 Å². The van der Waals surface area contributed by atoms with Crippen LogP contribution in [0.2, 0.25) is 0 Å².